The molecule has 0 radical (unpaired) electrons. The molecule has 0 aliphatic carbocycles. The monoisotopic (exact) mass is 272 g/mol. The number of esters is 2. The molecule has 1 aliphatic rings. The van der Waals surface area contributed by atoms with Crippen LogP contribution in [0.4, 0.5) is 0 Å². The van der Waals surface area contributed by atoms with E-state index in [9.17, 15) is 9.59 Å². The minimum atomic E-state index is -0.583. The Labute approximate surface area is 114 Å². The summed E-state index contributed by atoms with van der Waals surface area (Å²) < 4.78 is 9.95. The third kappa shape index (κ3) is 5.57. The van der Waals surface area contributed by atoms with Crippen molar-refractivity contribution in [1.29, 1.82) is 0 Å². The van der Waals surface area contributed by atoms with Gasteiger partial charge in [0, 0.05) is 13.1 Å². The molecule has 1 heterocycles. The Hall–Kier alpha value is -1.14. The maximum absolute atomic E-state index is 12.2. The molecule has 0 bridgehead atoms. The number of hydrogen-bond donors (Lipinski definition) is 1. The molecule has 6 nitrogen and oxygen atoms in total. The lowest BCUT2D eigenvalue weighted by Gasteiger charge is -2.29. The Balaban J connectivity index is 2.62. The standard InChI is InChI=1S/C13H24N2O4/c1-13(2,3)19-12(17)11(14-9-10(16)18-4)15-7-5-6-8-15/h11,14H,5-9H2,1-4H3. The largest absolute Gasteiger partial charge is 0.468 e. The minimum Gasteiger partial charge on any atom is -0.468 e. The van der Waals surface area contributed by atoms with Crippen molar-refractivity contribution >= 4 is 11.9 Å². The molecule has 19 heavy (non-hydrogen) atoms. The van der Waals surface area contributed by atoms with Crippen LogP contribution in [0.5, 0.6) is 0 Å². The molecule has 1 fully saturated rings. The highest BCUT2D eigenvalue weighted by Crippen LogP contribution is 2.14. The molecule has 0 aromatic heterocycles. The van der Waals surface area contributed by atoms with Gasteiger partial charge in [0.25, 0.3) is 0 Å². The first-order valence-corrected chi connectivity index (χ1v) is 6.60. The lowest BCUT2D eigenvalue weighted by Crippen LogP contribution is -2.53. The summed E-state index contributed by atoms with van der Waals surface area (Å²) in [6, 6.07) is 0. The van der Waals surface area contributed by atoms with E-state index in [0.29, 0.717) is 0 Å². The molecule has 1 atom stereocenters. The van der Waals surface area contributed by atoms with Crippen LogP contribution in [0, 0.1) is 0 Å². The molecule has 1 rings (SSSR count). The van der Waals surface area contributed by atoms with E-state index in [4.69, 9.17) is 4.74 Å². The smallest absolute Gasteiger partial charge is 0.338 e. The number of nitrogens with zero attached hydrogens (tertiary/aromatic N) is 1. The molecular formula is C13H24N2O4. The third-order valence-corrected chi connectivity index (χ3v) is 2.80. The highest BCUT2D eigenvalue weighted by molar-refractivity contribution is 5.77. The van der Waals surface area contributed by atoms with Crippen molar-refractivity contribution in [3.8, 4) is 0 Å². The van der Waals surface area contributed by atoms with Crippen molar-refractivity contribution in [2.75, 3.05) is 26.7 Å². The summed E-state index contributed by atoms with van der Waals surface area (Å²) in [6.07, 6.45) is 1.53. The molecule has 6 heteroatoms. The van der Waals surface area contributed by atoms with Crippen molar-refractivity contribution in [3.63, 3.8) is 0 Å². The molecule has 0 aromatic rings. The summed E-state index contributed by atoms with van der Waals surface area (Å²) >= 11 is 0. The first kappa shape index (κ1) is 15.9. The molecule has 0 amide bonds. The van der Waals surface area contributed by atoms with Gasteiger partial charge >= 0.3 is 11.9 Å². The quantitative estimate of drug-likeness (QED) is 0.736. The van der Waals surface area contributed by atoms with Crippen molar-refractivity contribution in [2.24, 2.45) is 0 Å². The summed E-state index contributed by atoms with van der Waals surface area (Å²) in [5.74, 6) is -0.744. The van der Waals surface area contributed by atoms with Crippen LogP contribution in [-0.2, 0) is 19.1 Å². The summed E-state index contributed by atoms with van der Waals surface area (Å²) in [4.78, 5) is 25.3. The van der Waals surface area contributed by atoms with Crippen LogP contribution in [0.3, 0.4) is 0 Å². The minimum absolute atomic E-state index is 0.00307. The van der Waals surface area contributed by atoms with Gasteiger partial charge in [-0.25, -0.2) is 4.79 Å². The van der Waals surface area contributed by atoms with Gasteiger partial charge in [-0.2, -0.15) is 0 Å². The molecule has 1 saturated heterocycles. The number of methoxy groups -OCH3 is 1. The lowest BCUT2D eigenvalue weighted by atomic mass is 10.2. The van der Waals surface area contributed by atoms with E-state index in [1.54, 1.807) is 0 Å². The van der Waals surface area contributed by atoms with E-state index in [1.807, 2.05) is 25.7 Å². The Bertz CT molecular complexity index is 319. The summed E-state index contributed by atoms with van der Waals surface area (Å²) in [5, 5.41) is 2.91. The second-order valence-electron chi connectivity index (χ2n) is 5.64. The van der Waals surface area contributed by atoms with Gasteiger partial charge in [-0.1, -0.05) is 0 Å². The van der Waals surface area contributed by atoms with Crippen LogP contribution in [0.25, 0.3) is 0 Å². The van der Waals surface area contributed by atoms with Gasteiger partial charge in [-0.05, 0) is 33.6 Å². The maximum atomic E-state index is 12.2. The van der Waals surface area contributed by atoms with Gasteiger partial charge in [-0.15, -0.1) is 0 Å². The first-order chi connectivity index (χ1) is 8.83. The van der Waals surface area contributed by atoms with Gasteiger partial charge in [0.2, 0.25) is 0 Å². The second-order valence-corrected chi connectivity index (χ2v) is 5.64. The second kappa shape index (κ2) is 6.86. The molecule has 1 aliphatic heterocycles. The third-order valence-electron chi connectivity index (χ3n) is 2.80. The zero-order valence-corrected chi connectivity index (χ0v) is 12.2. The average Bonchev–Trinajstić information content (AvgIpc) is 2.80. The van der Waals surface area contributed by atoms with Gasteiger partial charge in [0.15, 0.2) is 6.17 Å². The molecule has 0 spiro atoms. The zero-order valence-electron chi connectivity index (χ0n) is 12.2. The molecule has 1 N–H and O–H groups in total. The fourth-order valence-corrected chi connectivity index (χ4v) is 1.97. The topological polar surface area (TPSA) is 67.9 Å². The van der Waals surface area contributed by atoms with E-state index in [0.717, 1.165) is 25.9 Å². The Kier molecular flexibility index (Phi) is 5.75. The van der Waals surface area contributed by atoms with E-state index in [-0.39, 0.29) is 12.5 Å². The molecular weight excluding hydrogens is 248 g/mol. The van der Waals surface area contributed by atoms with E-state index in [2.05, 4.69) is 10.1 Å². The number of hydrogen-bond acceptors (Lipinski definition) is 6. The number of nitrogens with one attached hydrogen (secondary N) is 1. The predicted molar refractivity (Wildman–Crippen MR) is 70.5 cm³/mol. The normalized spacial score (nSPS) is 18.1. The Morgan fingerprint density at radius 3 is 2.32 bits per heavy atom. The van der Waals surface area contributed by atoms with Crippen molar-refractivity contribution in [3.05, 3.63) is 0 Å². The predicted octanol–water partition coefficient (Wildman–Crippen LogP) is 0.513. The van der Waals surface area contributed by atoms with Crippen molar-refractivity contribution < 1.29 is 19.1 Å². The molecule has 110 valence electrons. The summed E-state index contributed by atoms with van der Waals surface area (Å²) in [7, 11) is 1.32. The summed E-state index contributed by atoms with van der Waals surface area (Å²) in [6.45, 7) is 7.14. The highest BCUT2D eigenvalue weighted by Gasteiger charge is 2.32. The average molecular weight is 272 g/mol. The number of carbonyl (C=O) groups excluding carboxylic acids is 2. The van der Waals surface area contributed by atoms with E-state index < -0.39 is 17.7 Å². The van der Waals surface area contributed by atoms with Gasteiger partial charge in [-0.3, -0.25) is 15.0 Å². The highest BCUT2D eigenvalue weighted by atomic mass is 16.6. The van der Waals surface area contributed by atoms with E-state index in [1.165, 1.54) is 7.11 Å². The Morgan fingerprint density at radius 2 is 1.84 bits per heavy atom. The number of likely N-dealkylation sites (tertiary alicyclic amines) is 1. The van der Waals surface area contributed by atoms with Crippen LogP contribution in [0.15, 0.2) is 0 Å². The van der Waals surface area contributed by atoms with Crippen LogP contribution in [0.2, 0.25) is 0 Å². The van der Waals surface area contributed by atoms with Gasteiger partial charge < -0.3 is 9.47 Å². The molecule has 1 unspecified atom stereocenters. The van der Waals surface area contributed by atoms with Crippen molar-refractivity contribution in [2.45, 2.75) is 45.4 Å². The van der Waals surface area contributed by atoms with E-state index >= 15 is 0 Å². The maximum Gasteiger partial charge on any atom is 0.338 e. The molecule has 0 aromatic carbocycles. The summed E-state index contributed by atoms with van der Waals surface area (Å²) in [5.41, 5.74) is -0.540. The lowest BCUT2D eigenvalue weighted by molar-refractivity contribution is -0.162. The fourth-order valence-electron chi connectivity index (χ4n) is 1.97. The van der Waals surface area contributed by atoms with Crippen LogP contribution >= 0.6 is 0 Å². The first-order valence-electron chi connectivity index (χ1n) is 6.60. The van der Waals surface area contributed by atoms with Crippen LogP contribution in [0.1, 0.15) is 33.6 Å². The number of ether oxygens (including phenoxy) is 2. The number of rotatable bonds is 5. The Morgan fingerprint density at radius 1 is 1.26 bits per heavy atom. The van der Waals surface area contributed by atoms with Gasteiger partial charge in [0.05, 0.1) is 13.7 Å². The zero-order chi connectivity index (χ0) is 14.5. The fraction of sp³-hybridized carbons (Fsp3) is 0.846. The van der Waals surface area contributed by atoms with Crippen LogP contribution < -0.4 is 5.32 Å². The van der Waals surface area contributed by atoms with Crippen LogP contribution in [-0.4, -0.2) is 55.3 Å². The molecule has 0 saturated carbocycles. The number of carbonyl (C=O) groups is 2. The van der Waals surface area contributed by atoms with Crippen molar-refractivity contribution in [1.82, 2.24) is 10.2 Å². The SMILES string of the molecule is COC(=O)CNC(C(=O)OC(C)(C)C)N1CCCC1. The van der Waals surface area contributed by atoms with Gasteiger partial charge in [0.1, 0.15) is 5.60 Å².